The zero-order valence-electron chi connectivity index (χ0n) is 8.95. The Balaban J connectivity index is 2.04. The van der Waals surface area contributed by atoms with Gasteiger partial charge in [-0.1, -0.05) is 11.6 Å². The molecule has 16 heavy (non-hydrogen) atoms. The molecule has 1 aromatic rings. The lowest BCUT2D eigenvalue weighted by Crippen LogP contribution is -2.20. The molecule has 2 heterocycles. The van der Waals surface area contributed by atoms with Crippen LogP contribution in [0.1, 0.15) is 19.3 Å². The summed E-state index contributed by atoms with van der Waals surface area (Å²) in [5, 5.41) is 3.68. The van der Waals surface area contributed by atoms with Gasteiger partial charge in [-0.15, -0.1) is 0 Å². The molecule has 1 fully saturated rings. The summed E-state index contributed by atoms with van der Waals surface area (Å²) in [6, 6.07) is 0.342. The molecular weight excluding hydrogens is 228 g/mol. The molecule has 1 aliphatic heterocycles. The summed E-state index contributed by atoms with van der Waals surface area (Å²) < 4.78 is 5.39. The quantitative estimate of drug-likeness (QED) is 0.826. The Kier molecular flexibility index (Phi) is 3.79. The van der Waals surface area contributed by atoms with Crippen molar-refractivity contribution in [1.29, 1.82) is 0 Å². The third-order valence-corrected chi connectivity index (χ3v) is 2.98. The first-order valence-corrected chi connectivity index (χ1v) is 5.75. The van der Waals surface area contributed by atoms with Crippen LogP contribution < -0.4 is 11.1 Å². The maximum absolute atomic E-state index is 6.01. The highest BCUT2D eigenvalue weighted by molar-refractivity contribution is 6.35. The average molecular weight is 243 g/mol. The van der Waals surface area contributed by atoms with Gasteiger partial charge in [0, 0.05) is 19.3 Å². The smallest absolute Gasteiger partial charge is 0.150 e. The van der Waals surface area contributed by atoms with E-state index in [1.165, 1.54) is 6.33 Å². The van der Waals surface area contributed by atoms with Crippen LogP contribution in [0.2, 0.25) is 5.02 Å². The number of hydrogen-bond acceptors (Lipinski definition) is 5. The number of hydrogen-bond donors (Lipinski definition) is 2. The van der Waals surface area contributed by atoms with Crippen molar-refractivity contribution in [2.75, 3.05) is 24.3 Å². The van der Waals surface area contributed by atoms with E-state index < -0.39 is 0 Å². The maximum atomic E-state index is 6.01. The van der Waals surface area contributed by atoms with E-state index in [1.54, 1.807) is 0 Å². The van der Waals surface area contributed by atoms with Gasteiger partial charge in [0.05, 0.1) is 0 Å². The molecule has 6 heteroatoms. The van der Waals surface area contributed by atoms with E-state index in [2.05, 4.69) is 15.3 Å². The third-order valence-electron chi connectivity index (χ3n) is 2.61. The van der Waals surface area contributed by atoms with Gasteiger partial charge in [-0.2, -0.15) is 0 Å². The second-order valence-electron chi connectivity index (χ2n) is 3.81. The molecule has 3 N–H and O–H groups in total. The number of anilines is 2. The van der Waals surface area contributed by atoms with Crippen molar-refractivity contribution in [3.8, 4) is 0 Å². The molecule has 88 valence electrons. The number of nitrogen functional groups attached to an aromatic ring is 1. The van der Waals surface area contributed by atoms with Crippen LogP contribution in [0, 0.1) is 0 Å². The van der Waals surface area contributed by atoms with Crippen LogP contribution in [-0.4, -0.2) is 29.2 Å². The zero-order chi connectivity index (χ0) is 11.4. The number of nitrogens with one attached hydrogen (secondary N) is 1. The largest absolute Gasteiger partial charge is 0.382 e. The molecule has 0 aliphatic carbocycles. The minimum Gasteiger partial charge on any atom is -0.382 e. The highest BCUT2D eigenvalue weighted by atomic mass is 35.5. The van der Waals surface area contributed by atoms with Crippen molar-refractivity contribution in [1.82, 2.24) is 9.97 Å². The number of rotatable bonds is 2. The van der Waals surface area contributed by atoms with Crippen molar-refractivity contribution in [3.63, 3.8) is 0 Å². The number of nitrogens with two attached hydrogens (primary N) is 1. The molecule has 5 nitrogen and oxygen atoms in total. The van der Waals surface area contributed by atoms with Gasteiger partial charge in [0.15, 0.2) is 5.82 Å². The maximum Gasteiger partial charge on any atom is 0.150 e. The van der Waals surface area contributed by atoms with Gasteiger partial charge in [0.2, 0.25) is 0 Å². The molecule has 0 amide bonds. The topological polar surface area (TPSA) is 73.1 Å². The summed E-state index contributed by atoms with van der Waals surface area (Å²) in [7, 11) is 0. The summed E-state index contributed by atoms with van der Waals surface area (Å²) in [6.07, 6.45) is 4.48. The van der Waals surface area contributed by atoms with Crippen LogP contribution in [-0.2, 0) is 4.74 Å². The standard InChI is InChI=1S/C10H15ClN4O/c11-8-9(12)13-6-14-10(8)15-7-2-1-4-16-5-3-7/h6-7H,1-5H2,(H3,12,13,14,15). The first-order valence-electron chi connectivity index (χ1n) is 5.37. The van der Waals surface area contributed by atoms with E-state index in [0.717, 1.165) is 32.5 Å². The van der Waals surface area contributed by atoms with Gasteiger partial charge >= 0.3 is 0 Å². The zero-order valence-corrected chi connectivity index (χ0v) is 9.70. The third kappa shape index (κ3) is 2.74. The lowest BCUT2D eigenvalue weighted by Gasteiger charge is -2.17. The Morgan fingerprint density at radius 3 is 3.12 bits per heavy atom. The Labute approximate surface area is 99.4 Å². The molecule has 0 spiro atoms. The molecule has 0 saturated carbocycles. The van der Waals surface area contributed by atoms with E-state index in [-0.39, 0.29) is 0 Å². The van der Waals surface area contributed by atoms with Crippen molar-refractivity contribution in [2.24, 2.45) is 0 Å². The van der Waals surface area contributed by atoms with Crippen molar-refractivity contribution in [3.05, 3.63) is 11.3 Å². The van der Waals surface area contributed by atoms with Gasteiger partial charge in [-0.3, -0.25) is 0 Å². The number of aromatic nitrogens is 2. The molecule has 1 saturated heterocycles. The molecule has 1 unspecified atom stereocenters. The SMILES string of the molecule is Nc1ncnc(NC2CCCOCC2)c1Cl. The van der Waals surface area contributed by atoms with Crippen LogP contribution in [0.3, 0.4) is 0 Å². The summed E-state index contributed by atoms with van der Waals surface area (Å²) in [6.45, 7) is 1.60. The van der Waals surface area contributed by atoms with Crippen molar-refractivity contribution >= 4 is 23.2 Å². The van der Waals surface area contributed by atoms with Crippen LogP contribution >= 0.6 is 11.6 Å². The number of nitrogens with zero attached hydrogens (tertiary/aromatic N) is 2. The summed E-state index contributed by atoms with van der Waals surface area (Å²) >= 11 is 6.01. The minimum atomic E-state index is 0.309. The fourth-order valence-corrected chi connectivity index (χ4v) is 1.88. The Hall–Kier alpha value is -1.07. The number of halogens is 1. The van der Waals surface area contributed by atoms with Gasteiger partial charge in [0.1, 0.15) is 17.2 Å². The van der Waals surface area contributed by atoms with Crippen LogP contribution in [0.15, 0.2) is 6.33 Å². The molecule has 0 bridgehead atoms. The second-order valence-corrected chi connectivity index (χ2v) is 4.18. The van der Waals surface area contributed by atoms with Crippen molar-refractivity contribution in [2.45, 2.75) is 25.3 Å². The van der Waals surface area contributed by atoms with Crippen LogP contribution in [0.5, 0.6) is 0 Å². The summed E-state index contributed by atoms with van der Waals surface area (Å²) in [5.74, 6) is 0.921. The molecule has 1 atom stereocenters. The Bertz CT molecular complexity index is 353. The first kappa shape index (κ1) is 11.4. The lowest BCUT2D eigenvalue weighted by atomic mass is 10.1. The lowest BCUT2D eigenvalue weighted by molar-refractivity contribution is 0.144. The molecule has 0 aromatic carbocycles. The first-order chi connectivity index (χ1) is 7.77. The summed E-state index contributed by atoms with van der Waals surface area (Å²) in [5.41, 5.74) is 5.61. The predicted molar refractivity (Wildman–Crippen MR) is 63.5 cm³/mol. The van der Waals surface area contributed by atoms with E-state index in [4.69, 9.17) is 22.1 Å². The monoisotopic (exact) mass is 242 g/mol. The molecule has 1 aliphatic rings. The normalized spacial score (nSPS) is 21.4. The van der Waals surface area contributed by atoms with Gasteiger partial charge in [-0.25, -0.2) is 9.97 Å². The fourth-order valence-electron chi connectivity index (χ4n) is 1.73. The van der Waals surface area contributed by atoms with Gasteiger partial charge < -0.3 is 15.8 Å². The van der Waals surface area contributed by atoms with Gasteiger partial charge in [-0.05, 0) is 19.3 Å². The average Bonchev–Trinajstić information content (AvgIpc) is 2.53. The summed E-state index contributed by atoms with van der Waals surface area (Å²) in [4.78, 5) is 7.91. The van der Waals surface area contributed by atoms with E-state index in [9.17, 15) is 0 Å². The Morgan fingerprint density at radius 1 is 1.38 bits per heavy atom. The molecule has 2 rings (SSSR count). The molecule has 0 radical (unpaired) electrons. The fraction of sp³-hybridized carbons (Fsp3) is 0.600. The highest BCUT2D eigenvalue weighted by Gasteiger charge is 2.15. The van der Waals surface area contributed by atoms with Crippen LogP contribution in [0.4, 0.5) is 11.6 Å². The minimum absolute atomic E-state index is 0.309. The molecular formula is C10H15ClN4O. The highest BCUT2D eigenvalue weighted by Crippen LogP contribution is 2.25. The van der Waals surface area contributed by atoms with Gasteiger partial charge in [0.25, 0.3) is 0 Å². The van der Waals surface area contributed by atoms with Crippen LogP contribution in [0.25, 0.3) is 0 Å². The van der Waals surface area contributed by atoms with E-state index >= 15 is 0 Å². The number of ether oxygens (including phenoxy) is 1. The van der Waals surface area contributed by atoms with Crippen molar-refractivity contribution < 1.29 is 4.74 Å². The predicted octanol–water partition coefficient (Wildman–Crippen LogP) is 1.69. The second kappa shape index (κ2) is 5.32. The molecule has 1 aromatic heterocycles. The van der Waals surface area contributed by atoms with E-state index in [1.807, 2.05) is 0 Å². The van der Waals surface area contributed by atoms with E-state index in [0.29, 0.717) is 22.7 Å². The Morgan fingerprint density at radius 2 is 2.25 bits per heavy atom.